The van der Waals surface area contributed by atoms with Crippen molar-refractivity contribution in [2.24, 2.45) is 0 Å². The number of benzene rings is 2. The minimum Gasteiger partial charge on any atom is -0.398 e. The molecule has 0 aliphatic heterocycles. The van der Waals surface area contributed by atoms with E-state index in [1.165, 1.54) is 0 Å². The Morgan fingerprint density at radius 1 is 1.14 bits per heavy atom. The fourth-order valence-electron chi connectivity index (χ4n) is 2.04. The van der Waals surface area contributed by atoms with Crippen LogP contribution >= 0.6 is 15.9 Å². The van der Waals surface area contributed by atoms with E-state index in [2.05, 4.69) is 20.7 Å². The van der Waals surface area contributed by atoms with Gasteiger partial charge in [-0.25, -0.2) is 13.1 Å². The van der Waals surface area contributed by atoms with Gasteiger partial charge in [-0.2, -0.15) is 0 Å². The lowest BCUT2D eigenvalue weighted by atomic mass is 10.1. The van der Waals surface area contributed by atoms with E-state index in [0.717, 1.165) is 10.0 Å². The summed E-state index contributed by atoms with van der Waals surface area (Å²) in [5, 5.41) is 0. The van der Waals surface area contributed by atoms with Crippen LogP contribution in [0.5, 0.6) is 0 Å². The molecular weight excluding hydrogens is 352 g/mol. The van der Waals surface area contributed by atoms with Crippen LogP contribution in [0.25, 0.3) is 0 Å². The van der Waals surface area contributed by atoms with Gasteiger partial charge in [0.25, 0.3) is 0 Å². The molecule has 0 spiro atoms. The van der Waals surface area contributed by atoms with E-state index in [9.17, 15) is 8.42 Å². The zero-order valence-corrected chi connectivity index (χ0v) is 14.2. The van der Waals surface area contributed by atoms with Gasteiger partial charge in [-0.05, 0) is 49.2 Å². The van der Waals surface area contributed by atoms with Crippen molar-refractivity contribution in [1.29, 1.82) is 0 Å². The Bertz CT molecular complexity index is 743. The van der Waals surface area contributed by atoms with Crippen molar-refractivity contribution in [3.8, 4) is 0 Å². The zero-order chi connectivity index (χ0) is 15.6. The number of nitrogen functional groups attached to an aromatic ring is 1. The number of nitrogens with two attached hydrogens (primary N) is 1. The third-order valence-corrected chi connectivity index (χ3v) is 5.53. The van der Waals surface area contributed by atoms with Crippen LogP contribution in [0.4, 0.5) is 5.69 Å². The molecule has 21 heavy (non-hydrogen) atoms. The average Bonchev–Trinajstić information content (AvgIpc) is 2.41. The molecule has 0 saturated heterocycles. The number of hydrogen-bond acceptors (Lipinski definition) is 3. The molecule has 0 fully saturated rings. The molecule has 3 N–H and O–H groups in total. The fraction of sp³-hybridized carbons (Fsp3) is 0.200. The molecule has 4 nitrogen and oxygen atoms in total. The van der Waals surface area contributed by atoms with Gasteiger partial charge < -0.3 is 5.73 Å². The second-order valence-corrected chi connectivity index (χ2v) is 7.46. The molecule has 0 aliphatic rings. The summed E-state index contributed by atoms with van der Waals surface area (Å²) in [5.41, 5.74) is 7.70. The maximum atomic E-state index is 12.5. The molecule has 1 atom stereocenters. The van der Waals surface area contributed by atoms with E-state index in [4.69, 9.17) is 5.73 Å². The first-order valence-corrected chi connectivity index (χ1v) is 8.72. The summed E-state index contributed by atoms with van der Waals surface area (Å²) in [6, 6.07) is 12.1. The molecule has 0 bridgehead atoms. The molecule has 2 aromatic rings. The molecule has 112 valence electrons. The van der Waals surface area contributed by atoms with Gasteiger partial charge in [0, 0.05) is 16.2 Å². The van der Waals surface area contributed by atoms with Gasteiger partial charge >= 0.3 is 0 Å². The van der Waals surface area contributed by atoms with Crippen LogP contribution in [0.1, 0.15) is 24.1 Å². The average molecular weight is 369 g/mol. The van der Waals surface area contributed by atoms with Crippen LogP contribution in [0, 0.1) is 6.92 Å². The van der Waals surface area contributed by atoms with Crippen molar-refractivity contribution in [1.82, 2.24) is 4.72 Å². The number of nitrogens with one attached hydrogen (secondary N) is 1. The Balaban J connectivity index is 2.29. The minimum absolute atomic E-state index is 0.214. The second-order valence-electron chi connectivity index (χ2n) is 4.86. The first kappa shape index (κ1) is 16.0. The molecule has 0 amide bonds. The quantitative estimate of drug-likeness (QED) is 0.812. The highest BCUT2D eigenvalue weighted by atomic mass is 79.9. The van der Waals surface area contributed by atoms with Crippen molar-refractivity contribution in [2.75, 3.05) is 5.73 Å². The molecule has 0 aliphatic carbocycles. The molecule has 2 aromatic carbocycles. The number of rotatable bonds is 4. The summed E-state index contributed by atoms with van der Waals surface area (Å²) in [5.74, 6) is 0. The molecule has 0 saturated carbocycles. The minimum atomic E-state index is -3.61. The van der Waals surface area contributed by atoms with Gasteiger partial charge in [0.15, 0.2) is 0 Å². The van der Waals surface area contributed by atoms with Gasteiger partial charge in [-0.1, -0.05) is 34.1 Å². The second kappa shape index (κ2) is 6.17. The smallest absolute Gasteiger partial charge is 0.241 e. The van der Waals surface area contributed by atoms with Gasteiger partial charge in [0.05, 0.1) is 4.90 Å². The number of sulfonamides is 1. The van der Waals surface area contributed by atoms with Crippen molar-refractivity contribution in [2.45, 2.75) is 24.8 Å². The Kier molecular flexibility index (Phi) is 4.70. The van der Waals surface area contributed by atoms with Crippen LogP contribution in [-0.2, 0) is 10.0 Å². The van der Waals surface area contributed by atoms with Crippen LogP contribution in [0.15, 0.2) is 51.8 Å². The lowest BCUT2D eigenvalue weighted by molar-refractivity contribution is 0.566. The van der Waals surface area contributed by atoms with E-state index >= 15 is 0 Å². The third-order valence-electron chi connectivity index (χ3n) is 3.32. The predicted octanol–water partition coefficient (Wildman–Crippen LogP) is 3.38. The molecule has 6 heteroatoms. The van der Waals surface area contributed by atoms with Gasteiger partial charge in [0.2, 0.25) is 10.0 Å². The molecule has 0 heterocycles. The van der Waals surface area contributed by atoms with Gasteiger partial charge in [0.1, 0.15) is 0 Å². The lowest BCUT2D eigenvalue weighted by Gasteiger charge is -2.16. The third kappa shape index (κ3) is 3.64. The van der Waals surface area contributed by atoms with Crippen LogP contribution in [0.2, 0.25) is 0 Å². The Morgan fingerprint density at radius 3 is 2.38 bits per heavy atom. The first-order chi connectivity index (χ1) is 9.81. The molecular formula is C15H17BrN2O2S. The number of halogens is 1. The largest absolute Gasteiger partial charge is 0.398 e. The van der Waals surface area contributed by atoms with E-state index in [1.807, 2.05) is 31.2 Å². The van der Waals surface area contributed by atoms with E-state index < -0.39 is 10.0 Å². The maximum absolute atomic E-state index is 12.5. The van der Waals surface area contributed by atoms with Crippen molar-refractivity contribution < 1.29 is 8.42 Å². The highest BCUT2D eigenvalue weighted by Gasteiger charge is 2.21. The molecule has 0 unspecified atom stereocenters. The predicted molar refractivity (Wildman–Crippen MR) is 88.5 cm³/mol. The van der Waals surface area contributed by atoms with E-state index in [-0.39, 0.29) is 10.9 Å². The van der Waals surface area contributed by atoms with E-state index in [1.54, 1.807) is 25.1 Å². The van der Waals surface area contributed by atoms with E-state index in [0.29, 0.717) is 11.3 Å². The summed E-state index contributed by atoms with van der Waals surface area (Å²) in [6.45, 7) is 3.51. The Hall–Kier alpha value is -1.37. The summed E-state index contributed by atoms with van der Waals surface area (Å²) in [4.78, 5) is 0.214. The van der Waals surface area contributed by atoms with Crippen molar-refractivity contribution >= 4 is 31.6 Å². The molecule has 2 rings (SSSR count). The summed E-state index contributed by atoms with van der Waals surface area (Å²) < 4.78 is 28.6. The first-order valence-electron chi connectivity index (χ1n) is 6.44. The standard InChI is InChI=1S/C15H17BrN2O2S/c1-10-14(17)4-3-5-15(10)21(19,20)18-11(2)12-6-8-13(16)9-7-12/h3-9,11,18H,17H2,1-2H3/t11-/m0/s1. The molecule has 0 aromatic heterocycles. The van der Waals surface area contributed by atoms with Crippen LogP contribution in [0.3, 0.4) is 0 Å². The van der Waals surface area contributed by atoms with Crippen molar-refractivity contribution in [3.63, 3.8) is 0 Å². The summed E-state index contributed by atoms with van der Waals surface area (Å²) in [7, 11) is -3.61. The summed E-state index contributed by atoms with van der Waals surface area (Å²) >= 11 is 3.36. The van der Waals surface area contributed by atoms with Crippen LogP contribution in [-0.4, -0.2) is 8.42 Å². The summed E-state index contributed by atoms with van der Waals surface area (Å²) in [6.07, 6.45) is 0. The maximum Gasteiger partial charge on any atom is 0.241 e. The van der Waals surface area contributed by atoms with Gasteiger partial charge in [-0.3, -0.25) is 0 Å². The number of hydrogen-bond donors (Lipinski definition) is 2. The SMILES string of the molecule is Cc1c(N)cccc1S(=O)(=O)N[C@@H](C)c1ccc(Br)cc1. The monoisotopic (exact) mass is 368 g/mol. The molecule has 0 radical (unpaired) electrons. The normalized spacial score (nSPS) is 13.1. The topological polar surface area (TPSA) is 72.2 Å². The van der Waals surface area contributed by atoms with Crippen molar-refractivity contribution in [3.05, 3.63) is 58.1 Å². The Morgan fingerprint density at radius 2 is 1.76 bits per heavy atom. The zero-order valence-electron chi connectivity index (χ0n) is 11.8. The van der Waals surface area contributed by atoms with Crippen LogP contribution < -0.4 is 10.5 Å². The fourth-order valence-corrected chi connectivity index (χ4v) is 3.81. The highest BCUT2D eigenvalue weighted by molar-refractivity contribution is 9.10. The Labute approximate surface area is 133 Å². The van der Waals surface area contributed by atoms with Gasteiger partial charge in [-0.15, -0.1) is 0 Å². The lowest BCUT2D eigenvalue weighted by Crippen LogP contribution is -2.27. The number of anilines is 1. The highest BCUT2D eigenvalue weighted by Crippen LogP contribution is 2.23.